The van der Waals surface area contributed by atoms with Crippen LogP contribution in [0, 0.1) is 11.6 Å². The fraction of sp³-hybridized carbons (Fsp3) is 0.190. The van der Waals surface area contributed by atoms with Gasteiger partial charge in [-0.25, -0.2) is 13.6 Å². The fourth-order valence-corrected chi connectivity index (χ4v) is 3.11. The Balaban J connectivity index is 1.89. The van der Waals surface area contributed by atoms with E-state index < -0.39 is 28.8 Å². The second kappa shape index (κ2) is 9.24. The van der Waals surface area contributed by atoms with Gasteiger partial charge in [0.2, 0.25) is 5.91 Å². The number of nitrogens with zero attached hydrogens (tertiary/aromatic N) is 2. The SMILES string of the molecule is CCN(CC(=O)Nc1cc(F)ccc1F)c1c(N)n(Cc2ccccc2)c(=O)[nH]c1=O. The molecule has 3 aromatic rings. The number of hydrogen-bond donors (Lipinski definition) is 3. The Morgan fingerprint density at radius 2 is 1.87 bits per heavy atom. The van der Waals surface area contributed by atoms with E-state index in [2.05, 4.69) is 10.3 Å². The average Bonchev–Trinajstić information content (AvgIpc) is 2.73. The molecule has 1 aromatic heterocycles. The number of nitrogens with two attached hydrogens (primary N) is 1. The summed E-state index contributed by atoms with van der Waals surface area (Å²) in [6.07, 6.45) is 0. The van der Waals surface area contributed by atoms with Crippen molar-refractivity contribution in [3.8, 4) is 0 Å². The molecule has 0 aliphatic heterocycles. The van der Waals surface area contributed by atoms with Crippen molar-refractivity contribution in [1.29, 1.82) is 0 Å². The second-order valence-electron chi connectivity index (χ2n) is 6.75. The number of likely N-dealkylation sites (N-methyl/N-ethyl adjacent to an activating group) is 1. The lowest BCUT2D eigenvalue weighted by Crippen LogP contribution is -2.41. The van der Waals surface area contributed by atoms with Crippen LogP contribution in [0.1, 0.15) is 12.5 Å². The highest BCUT2D eigenvalue weighted by atomic mass is 19.1. The Kier molecular flexibility index (Phi) is 6.49. The van der Waals surface area contributed by atoms with E-state index in [1.165, 1.54) is 9.47 Å². The number of H-pyrrole nitrogens is 1. The van der Waals surface area contributed by atoms with Gasteiger partial charge in [-0.1, -0.05) is 30.3 Å². The highest BCUT2D eigenvalue weighted by molar-refractivity contribution is 5.94. The summed E-state index contributed by atoms with van der Waals surface area (Å²) in [6, 6.07) is 11.7. The van der Waals surface area contributed by atoms with E-state index in [4.69, 9.17) is 5.73 Å². The van der Waals surface area contributed by atoms with Gasteiger partial charge in [-0.2, -0.15) is 0 Å². The molecule has 0 saturated heterocycles. The van der Waals surface area contributed by atoms with Crippen molar-refractivity contribution in [2.45, 2.75) is 13.5 Å². The van der Waals surface area contributed by atoms with Gasteiger partial charge >= 0.3 is 5.69 Å². The number of aromatic amines is 1. The number of nitrogens with one attached hydrogen (secondary N) is 2. The Morgan fingerprint density at radius 1 is 1.16 bits per heavy atom. The molecule has 4 N–H and O–H groups in total. The van der Waals surface area contributed by atoms with Gasteiger partial charge in [0.05, 0.1) is 18.8 Å². The van der Waals surface area contributed by atoms with Crippen molar-refractivity contribution >= 4 is 23.1 Å². The lowest BCUT2D eigenvalue weighted by atomic mass is 10.2. The minimum Gasteiger partial charge on any atom is -0.383 e. The standard InChI is InChI=1S/C21H21F2N5O3/c1-2-27(12-17(29)25-16-10-14(22)8-9-15(16)23)18-19(24)28(21(31)26-20(18)30)11-13-6-4-3-5-7-13/h3-10H,2,11-12,24H2,1H3,(H,25,29)(H,26,30,31). The highest BCUT2D eigenvalue weighted by Crippen LogP contribution is 2.19. The summed E-state index contributed by atoms with van der Waals surface area (Å²) in [6.45, 7) is 1.62. The van der Waals surface area contributed by atoms with Crippen molar-refractivity contribution in [1.82, 2.24) is 9.55 Å². The first-order chi connectivity index (χ1) is 14.8. The maximum absolute atomic E-state index is 13.8. The highest BCUT2D eigenvalue weighted by Gasteiger charge is 2.21. The minimum absolute atomic E-state index is 0.0621. The van der Waals surface area contributed by atoms with Gasteiger partial charge in [-0.15, -0.1) is 0 Å². The first-order valence-electron chi connectivity index (χ1n) is 9.46. The summed E-state index contributed by atoms with van der Waals surface area (Å²) < 4.78 is 28.3. The molecule has 1 heterocycles. The average molecular weight is 429 g/mol. The number of benzene rings is 2. The van der Waals surface area contributed by atoms with Crippen molar-refractivity contribution < 1.29 is 13.6 Å². The fourth-order valence-electron chi connectivity index (χ4n) is 3.11. The van der Waals surface area contributed by atoms with Gasteiger partial charge < -0.3 is 16.0 Å². The molecular formula is C21H21F2N5O3. The zero-order chi connectivity index (χ0) is 22.5. The van der Waals surface area contributed by atoms with Gasteiger partial charge in [-0.05, 0) is 24.6 Å². The minimum atomic E-state index is -0.799. The molecule has 0 saturated carbocycles. The molecule has 162 valence electrons. The Morgan fingerprint density at radius 3 is 2.55 bits per heavy atom. The molecule has 10 heteroatoms. The van der Waals surface area contributed by atoms with Gasteiger partial charge in [0, 0.05) is 12.6 Å². The first-order valence-corrected chi connectivity index (χ1v) is 9.46. The van der Waals surface area contributed by atoms with Crippen LogP contribution in [-0.2, 0) is 11.3 Å². The maximum atomic E-state index is 13.8. The van der Waals surface area contributed by atoms with E-state index in [-0.39, 0.29) is 36.8 Å². The van der Waals surface area contributed by atoms with Crippen LogP contribution in [0.5, 0.6) is 0 Å². The Bertz CT molecular complexity index is 1210. The second-order valence-corrected chi connectivity index (χ2v) is 6.75. The van der Waals surface area contributed by atoms with Gasteiger partial charge in [0.1, 0.15) is 23.1 Å². The number of carbonyl (C=O) groups is 1. The van der Waals surface area contributed by atoms with E-state index in [0.717, 1.165) is 23.8 Å². The molecule has 0 aliphatic rings. The van der Waals surface area contributed by atoms with E-state index in [9.17, 15) is 23.2 Å². The number of nitrogen functional groups attached to an aromatic ring is 1. The van der Waals surface area contributed by atoms with E-state index >= 15 is 0 Å². The van der Waals surface area contributed by atoms with Crippen LogP contribution < -0.4 is 27.2 Å². The summed E-state index contributed by atoms with van der Waals surface area (Å²) >= 11 is 0. The van der Waals surface area contributed by atoms with Crippen molar-refractivity contribution in [2.75, 3.05) is 29.0 Å². The van der Waals surface area contributed by atoms with Crippen LogP contribution in [0.25, 0.3) is 0 Å². The van der Waals surface area contributed by atoms with Crippen LogP contribution >= 0.6 is 0 Å². The lowest BCUT2D eigenvalue weighted by Gasteiger charge is -2.24. The Hall–Kier alpha value is -3.95. The molecule has 0 unspecified atom stereocenters. The lowest BCUT2D eigenvalue weighted by molar-refractivity contribution is -0.115. The third kappa shape index (κ3) is 4.97. The third-order valence-electron chi connectivity index (χ3n) is 4.63. The van der Waals surface area contributed by atoms with Crippen molar-refractivity contribution in [2.24, 2.45) is 0 Å². The smallest absolute Gasteiger partial charge is 0.330 e. The summed E-state index contributed by atoms with van der Waals surface area (Å²) in [7, 11) is 0. The van der Waals surface area contributed by atoms with E-state index in [0.29, 0.717) is 0 Å². The number of hydrogen-bond acceptors (Lipinski definition) is 5. The topological polar surface area (TPSA) is 113 Å². The van der Waals surface area contributed by atoms with Crippen LogP contribution in [0.3, 0.4) is 0 Å². The molecule has 31 heavy (non-hydrogen) atoms. The molecule has 8 nitrogen and oxygen atoms in total. The van der Waals surface area contributed by atoms with Crippen LogP contribution in [0.2, 0.25) is 0 Å². The van der Waals surface area contributed by atoms with Gasteiger partial charge in [0.25, 0.3) is 5.56 Å². The predicted octanol–water partition coefficient (Wildman–Crippen LogP) is 1.91. The number of carbonyl (C=O) groups excluding carboxylic acids is 1. The van der Waals surface area contributed by atoms with Crippen LogP contribution in [0.15, 0.2) is 58.1 Å². The number of rotatable bonds is 7. The molecule has 2 aromatic carbocycles. The molecule has 0 spiro atoms. The predicted molar refractivity (Wildman–Crippen MR) is 114 cm³/mol. The largest absolute Gasteiger partial charge is 0.383 e. The molecule has 0 aliphatic carbocycles. The number of halogens is 2. The maximum Gasteiger partial charge on any atom is 0.330 e. The van der Waals surface area contributed by atoms with E-state index in [1.807, 2.05) is 6.07 Å². The van der Waals surface area contributed by atoms with Crippen LogP contribution in [-0.4, -0.2) is 28.5 Å². The number of anilines is 3. The molecule has 0 bridgehead atoms. The number of amides is 1. The quantitative estimate of drug-likeness (QED) is 0.531. The summed E-state index contributed by atoms with van der Waals surface area (Å²) in [5.41, 5.74) is 5.11. The van der Waals surface area contributed by atoms with Crippen molar-refractivity contribution in [3.05, 3.63) is 86.6 Å². The van der Waals surface area contributed by atoms with Gasteiger partial charge in [-0.3, -0.25) is 19.1 Å². The molecule has 0 fully saturated rings. The molecule has 0 atom stereocenters. The Labute approximate surface area is 175 Å². The van der Waals surface area contributed by atoms with E-state index in [1.54, 1.807) is 31.2 Å². The zero-order valence-electron chi connectivity index (χ0n) is 16.7. The molecular weight excluding hydrogens is 408 g/mol. The van der Waals surface area contributed by atoms with Crippen molar-refractivity contribution in [3.63, 3.8) is 0 Å². The summed E-state index contributed by atoms with van der Waals surface area (Å²) in [5, 5.41) is 2.27. The monoisotopic (exact) mass is 429 g/mol. The van der Waals surface area contributed by atoms with Gasteiger partial charge in [0.15, 0.2) is 0 Å². The third-order valence-corrected chi connectivity index (χ3v) is 4.63. The molecule has 1 amide bonds. The normalized spacial score (nSPS) is 10.7. The molecule has 0 radical (unpaired) electrons. The molecule has 3 rings (SSSR count). The zero-order valence-corrected chi connectivity index (χ0v) is 16.7. The first kappa shape index (κ1) is 21.8. The number of aromatic nitrogens is 2. The van der Waals surface area contributed by atoms with Crippen LogP contribution in [0.4, 0.5) is 26.0 Å². The summed E-state index contributed by atoms with van der Waals surface area (Å²) in [4.78, 5) is 40.8. The summed E-state index contributed by atoms with van der Waals surface area (Å²) in [5.74, 6) is -2.31.